The lowest BCUT2D eigenvalue weighted by molar-refractivity contribution is 0.661. The predicted octanol–water partition coefficient (Wildman–Crippen LogP) is 3.47. The summed E-state index contributed by atoms with van der Waals surface area (Å²) in [5.41, 5.74) is 6.21. The summed E-state index contributed by atoms with van der Waals surface area (Å²) in [6.07, 6.45) is 5.80. The quantitative estimate of drug-likeness (QED) is 0.711. The molecule has 0 unspecified atom stereocenters. The van der Waals surface area contributed by atoms with Crippen molar-refractivity contribution in [3.63, 3.8) is 0 Å². The van der Waals surface area contributed by atoms with Crippen LogP contribution in [0.4, 0.5) is 5.69 Å². The predicted molar refractivity (Wildman–Crippen MR) is 95.9 cm³/mol. The second-order valence-corrected chi connectivity index (χ2v) is 6.01. The lowest BCUT2D eigenvalue weighted by Gasteiger charge is -2.10. The number of hydrogen-bond donors (Lipinski definition) is 2. The van der Waals surface area contributed by atoms with Crippen LogP contribution in [0.3, 0.4) is 0 Å². The van der Waals surface area contributed by atoms with Crippen LogP contribution in [0.25, 0.3) is 5.69 Å². The SMILES string of the molecule is NCCCCCCNc1cnn(-c2cccc(Cl)c2)c(=O)c1Cl. The highest BCUT2D eigenvalue weighted by molar-refractivity contribution is 6.33. The Kier molecular flexibility index (Phi) is 6.89. The fourth-order valence-electron chi connectivity index (χ4n) is 2.19. The second kappa shape index (κ2) is 8.91. The van der Waals surface area contributed by atoms with Crippen LogP contribution in [-0.4, -0.2) is 22.9 Å². The van der Waals surface area contributed by atoms with Gasteiger partial charge in [-0.1, -0.05) is 42.1 Å². The maximum Gasteiger partial charge on any atom is 0.292 e. The number of nitrogens with one attached hydrogen (secondary N) is 1. The van der Waals surface area contributed by atoms with Crippen LogP contribution >= 0.6 is 23.2 Å². The first-order valence-electron chi connectivity index (χ1n) is 7.61. The highest BCUT2D eigenvalue weighted by Crippen LogP contribution is 2.18. The van der Waals surface area contributed by atoms with Gasteiger partial charge in [-0.3, -0.25) is 4.79 Å². The standard InChI is InChI=1S/C16H20Cl2N4O/c17-12-6-5-7-13(10-12)22-16(23)15(18)14(11-21-22)20-9-4-2-1-3-8-19/h5-7,10-11,20H,1-4,8-9,19H2. The Morgan fingerprint density at radius 1 is 1.17 bits per heavy atom. The van der Waals surface area contributed by atoms with E-state index < -0.39 is 0 Å². The van der Waals surface area contributed by atoms with Gasteiger partial charge >= 0.3 is 0 Å². The fourth-order valence-corrected chi connectivity index (χ4v) is 2.57. The molecule has 0 aliphatic heterocycles. The van der Waals surface area contributed by atoms with Crippen molar-refractivity contribution in [2.24, 2.45) is 5.73 Å². The molecule has 3 N–H and O–H groups in total. The molecule has 0 spiro atoms. The van der Waals surface area contributed by atoms with Crippen molar-refractivity contribution in [2.75, 3.05) is 18.4 Å². The van der Waals surface area contributed by atoms with E-state index in [2.05, 4.69) is 10.4 Å². The number of unbranched alkanes of at least 4 members (excludes halogenated alkanes) is 3. The maximum atomic E-state index is 12.3. The van der Waals surface area contributed by atoms with E-state index in [9.17, 15) is 4.79 Å². The first-order valence-corrected chi connectivity index (χ1v) is 8.37. The molecule has 0 aliphatic rings. The van der Waals surface area contributed by atoms with E-state index >= 15 is 0 Å². The summed E-state index contributed by atoms with van der Waals surface area (Å²) in [6.45, 7) is 1.47. The molecule has 1 heterocycles. The molecule has 0 radical (unpaired) electrons. The molecule has 2 rings (SSSR count). The number of rotatable bonds is 8. The van der Waals surface area contributed by atoms with Crippen molar-refractivity contribution in [1.29, 1.82) is 0 Å². The monoisotopic (exact) mass is 354 g/mol. The molecule has 0 aliphatic carbocycles. The minimum atomic E-state index is -0.373. The number of aromatic nitrogens is 2. The number of nitrogens with zero attached hydrogens (tertiary/aromatic N) is 2. The molecule has 0 amide bonds. The number of hydrogen-bond acceptors (Lipinski definition) is 4. The van der Waals surface area contributed by atoms with E-state index in [1.165, 1.54) is 4.68 Å². The Morgan fingerprint density at radius 2 is 1.96 bits per heavy atom. The molecule has 5 nitrogen and oxygen atoms in total. The van der Waals surface area contributed by atoms with Gasteiger partial charge in [0.2, 0.25) is 0 Å². The molecular weight excluding hydrogens is 335 g/mol. The van der Waals surface area contributed by atoms with Gasteiger partial charge in [-0.15, -0.1) is 0 Å². The van der Waals surface area contributed by atoms with E-state index in [-0.39, 0.29) is 10.6 Å². The van der Waals surface area contributed by atoms with Crippen molar-refractivity contribution in [3.8, 4) is 5.69 Å². The zero-order valence-electron chi connectivity index (χ0n) is 12.8. The van der Waals surface area contributed by atoms with E-state index in [0.29, 0.717) is 16.4 Å². The van der Waals surface area contributed by atoms with Crippen LogP contribution in [0.5, 0.6) is 0 Å². The van der Waals surface area contributed by atoms with Crippen molar-refractivity contribution >= 4 is 28.9 Å². The third-order valence-corrected chi connectivity index (χ3v) is 4.02. The van der Waals surface area contributed by atoms with Gasteiger partial charge in [0.25, 0.3) is 5.56 Å². The highest BCUT2D eigenvalue weighted by atomic mass is 35.5. The summed E-state index contributed by atoms with van der Waals surface area (Å²) in [5.74, 6) is 0. The first kappa shape index (κ1) is 17.8. The topological polar surface area (TPSA) is 72.9 Å². The first-order chi connectivity index (χ1) is 11.1. The third-order valence-electron chi connectivity index (χ3n) is 3.42. The average molecular weight is 355 g/mol. The Morgan fingerprint density at radius 3 is 2.70 bits per heavy atom. The Bertz CT molecular complexity index is 703. The number of benzene rings is 1. The average Bonchev–Trinajstić information content (AvgIpc) is 2.54. The van der Waals surface area contributed by atoms with Crippen LogP contribution in [0, 0.1) is 0 Å². The number of anilines is 1. The van der Waals surface area contributed by atoms with Crippen molar-refractivity contribution in [2.45, 2.75) is 25.7 Å². The highest BCUT2D eigenvalue weighted by Gasteiger charge is 2.10. The molecule has 1 aromatic carbocycles. The van der Waals surface area contributed by atoms with Gasteiger partial charge in [0.05, 0.1) is 17.6 Å². The van der Waals surface area contributed by atoms with Crippen LogP contribution in [0.2, 0.25) is 10.0 Å². The number of nitrogens with two attached hydrogens (primary N) is 1. The van der Waals surface area contributed by atoms with Crippen molar-refractivity contribution in [1.82, 2.24) is 9.78 Å². The van der Waals surface area contributed by atoms with E-state index in [1.807, 2.05) is 0 Å². The Hall–Kier alpha value is -1.56. The molecule has 0 saturated heterocycles. The van der Waals surface area contributed by atoms with Gasteiger partial charge < -0.3 is 11.1 Å². The molecule has 23 heavy (non-hydrogen) atoms. The molecule has 1 aromatic heterocycles. The molecule has 0 fully saturated rings. The van der Waals surface area contributed by atoms with E-state index in [0.717, 1.165) is 38.8 Å². The van der Waals surface area contributed by atoms with Crippen LogP contribution in [0.1, 0.15) is 25.7 Å². The van der Waals surface area contributed by atoms with Crippen LogP contribution in [0.15, 0.2) is 35.3 Å². The van der Waals surface area contributed by atoms with E-state index in [1.54, 1.807) is 30.5 Å². The van der Waals surface area contributed by atoms with Crippen molar-refractivity contribution < 1.29 is 0 Å². The second-order valence-electron chi connectivity index (χ2n) is 5.20. The number of halogens is 2. The Labute approximate surface area is 145 Å². The molecule has 0 bridgehead atoms. The van der Waals surface area contributed by atoms with E-state index in [4.69, 9.17) is 28.9 Å². The zero-order chi connectivity index (χ0) is 16.7. The lowest BCUT2D eigenvalue weighted by Crippen LogP contribution is -2.22. The molecule has 0 atom stereocenters. The zero-order valence-corrected chi connectivity index (χ0v) is 14.3. The molecular formula is C16H20Cl2N4O. The molecule has 2 aromatic rings. The van der Waals surface area contributed by atoms with Gasteiger partial charge in [-0.05, 0) is 37.6 Å². The fraction of sp³-hybridized carbons (Fsp3) is 0.375. The normalized spacial score (nSPS) is 10.7. The van der Waals surface area contributed by atoms with Crippen molar-refractivity contribution in [3.05, 3.63) is 50.9 Å². The summed E-state index contributed by atoms with van der Waals surface area (Å²) < 4.78 is 1.24. The maximum absolute atomic E-state index is 12.3. The van der Waals surface area contributed by atoms with Gasteiger partial charge in [-0.25, -0.2) is 0 Å². The minimum Gasteiger partial charge on any atom is -0.382 e. The summed E-state index contributed by atoms with van der Waals surface area (Å²) in [7, 11) is 0. The summed E-state index contributed by atoms with van der Waals surface area (Å²) >= 11 is 12.1. The lowest BCUT2D eigenvalue weighted by atomic mass is 10.2. The molecule has 7 heteroatoms. The third kappa shape index (κ3) is 4.96. The largest absolute Gasteiger partial charge is 0.382 e. The summed E-state index contributed by atoms with van der Waals surface area (Å²) in [5, 5.41) is 7.98. The van der Waals surface area contributed by atoms with Crippen LogP contribution < -0.4 is 16.6 Å². The summed E-state index contributed by atoms with van der Waals surface area (Å²) in [6, 6.07) is 6.91. The summed E-state index contributed by atoms with van der Waals surface area (Å²) in [4.78, 5) is 12.3. The Balaban J connectivity index is 2.05. The molecule has 124 valence electrons. The van der Waals surface area contributed by atoms with Gasteiger partial charge in [-0.2, -0.15) is 9.78 Å². The minimum absolute atomic E-state index is 0.127. The van der Waals surface area contributed by atoms with Crippen LogP contribution in [-0.2, 0) is 0 Å². The smallest absolute Gasteiger partial charge is 0.292 e. The van der Waals surface area contributed by atoms with Gasteiger partial charge in [0.15, 0.2) is 0 Å². The molecule has 0 saturated carbocycles. The van der Waals surface area contributed by atoms with Gasteiger partial charge in [0, 0.05) is 11.6 Å². The van der Waals surface area contributed by atoms with Gasteiger partial charge in [0.1, 0.15) is 5.02 Å².